The number of alkyl halides is 3. The normalized spacial score (nSPS) is 11.0. The molecule has 0 atom stereocenters. The fourth-order valence-electron chi connectivity index (χ4n) is 1.92. The third-order valence-corrected chi connectivity index (χ3v) is 3.20. The molecule has 0 bridgehead atoms. The Morgan fingerprint density at radius 1 is 1.14 bits per heavy atom. The van der Waals surface area contributed by atoms with Gasteiger partial charge in [0.05, 0.1) is 23.8 Å². The van der Waals surface area contributed by atoms with Gasteiger partial charge >= 0.3 is 6.18 Å². The lowest BCUT2D eigenvalue weighted by molar-refractivity contribution is -0.137. The minimum Gasteiger partial charge on any atom is -0.493 e. The van der Waals surface area contributed by atoms with Crippen molar-refractivity contribution in [3.8, 4) is 11.8 Å². The highest BCUT2D eigenvalue weighted by molar-refractivity contribution is 6.30. The summed E-state index contributed by atoms with van der Waals surface area (Å²) in [4.78, 5) is 0. The van der Waals surface area contributed by atoms with Gasteiger partial charge in [-0.05, 0) is 35.9 Å². The molecule has 0 amide bonds. The highest BCUT2D eigenvalue weighted by atomic mass is 35.5. The molecule has 0 saturated heterocycles. The third kappa shape index (κ3) is 4.15. The minimum absolute atomic E-state index is 0.0772. The number of hydrogen-bond donors (Lipinski definition) is 0. The largest absolute Gasteiger partial charge is 0.493 e. The summed E-state index contributed by atoms with van der Waals surface area (Å²) in [5.41, 5.74) is -0.484. The molecule has 2 rings (SSSR count). The van der Waals surface area contributed by atoms with Gasteiger partial charge in [-0.3, -0.25) is 0 Å². The van der Waals surface area contributed by atoms with Gasteiger partial charge in [-0.1, -0.05) is 23.7 Å². The lowest BCUT2D eigenvalue weighted by Gasteiger charge is -2.12. The van der Waals surface area contributed by atoms with Crippen molar-refractivity contribution >= 4 is 11.6 Å². The maximum atomic E-state index is 12.8. The molecule has 2 aromatic carbocycles. The van der Waals surface area contributed by atoms with E-state index in [9.17, 15) is 13.2 Å². The van der Waals surface area contributed by atoms with E-state index < -0.39 is 17.3 Å². The Morgan fingerprint density at radius 2 is 1.91 bits per heavy atom. The maximum absolute atomic E-state index is 12.8. The first-order chi connectivity index (χ1) is 10.4. The van der Waals surface area contributed by atoms with E-state index in [-0.39, 0.29) is 12.4 Å². The van der Waals surface area contributed by atoms with Crippen LogP contribution in [0.3, 0.4) is 0 Å². The van der Waals surface area contributed by atoms with Crippen molar-refractivity contribution < 1.29 is 17.9 Å². The molecule has 0 saturated carbocycles. The quantitative estimate of drug-likeness (QED) is 0.805. The van der Waals surface area contributed by atoms with E-state index in [1.165, 1.54) is 12.1 Å². The van der Waals surface area contributed by atoms with Crippen molar-refractivity contribution in [2.75, 3.05) is 6.61 Å². The van der Waals surface area contributed by atoms with Gasteiger partial charge in [0.15, 0.2) is 0 Å². The summed E-state index contributed by atoms with van der Waals surface area (Å²) < 4.78 is 43.8. The zero-order valence-corrected chi connectivity index (χ0v) is 12.1. The first-order valence-corrected chi connectivity index (χ1v) is 6.76. The molecule has 0 unspecified atom stereocenters. The fraction of sp³-hybridized carbons (Fsp3) is 0.188. The monoisotopic (exact) mass is 325 g/mol. The molecule has 0 radical (unpaired) electrons. The van der Waals surface area contributed by atoms with Crippen LogP contribution in [-0.4, -0.2) is 6.61 Å². The van der Waals surface area contributed by atoms with E-state index in [1.807, 2.05) is 6.07 Å². The molecule has 114 valence electrons. The second-order valence-electron chi connectivity index (χ2n) is 4.55. The number of halogens is 4. The standard InChI is InChI=1S/C16H11ClF3NO/c17-13-3-1-2-11(8-13)6-7-22-14-5-4-12(10-21)15(9-14)16(18,19)20/h1-5,8-9H,6-7H2. The van der Waals surface area contributed by atoms with Crippen LogP contribution in [0.1, 0.15) is 16.7 Å². The summed E-state index contributed by atoms with van der Waals surface area (Å²) in [6, 6.07) is 12.0. The molecular weight excluding hydrogens is 315 g/mol. The molecule has 2 nitrogen and oxygen atoms in total. The molecule has 0 heterocycles. The number of nitrogens with zero attached hydrogens (tertiary/aromatic N) is 1. The Morgan fingerprint density at radius 3 is 2.55 bits per heavy atom. The van der Waals surface area contributed by atoms with E-state index in [4.69, 9.17) is 21.6 Å². The zero-order valence-electron chi connectivity index (χ0n) is 11.3. The molecule has 0 N–H and O–H groups in total. The lowest BCUT2D eigenvalue weighted by Crippen LogP contribution is -2.09. The molecule has 0 spiro atoms. The number of hydrogen-bond acceptors (Lipinski definition) is 2. The lowest BCUT2D eigenvalue weighted by atomic mass is 10.1. The average Bonchev–Trinajstić information content (AvgIpc) is 2.46. The van der Waals surface area contributed by atoms with Gasteiger partial charge in [0.25, 0.3) is 0 Å². The van der Waals surface area contributed by atoms with Crippen molar-refractivity contribution in [3.05, 3.63) is 64.2 Å². The first-order valence-electron chi connectivity index (χ1n) is 6.39. The molecule has 0 aliphatic carbocycles. The van der Waals surface area contributed by atoms with Crippen LogP contribution in [0.15, 0.2) is 42.5 Å². The number of rotatable bonds is 4. The van der Waals surface area contributed by atoms with E-state index in [0.717, 1.165) is 17.7 Å². The average molecular weight is 326 g/mol. The van der Waals surface area contributed by atoms with Gasteiger partial charge < -0.3 is 4.74 Å². The van der Waals surface area contributed by atoms with Crippen LogP contribution < -0.4 is 4.74 Å². The van der Waals surface area contributed by atoms with Crippen LogP contribution in [0.4, 0.5) is 13.2 Å². The van der Waals surface area contributed by atoms with Crippen molar-refractivity contribution in [1.82, 2.24) is 0 Å². The molecule has 6 heteroatoms. The molecular formula is C16H11ClF3NO. The molecule has 0 fully saturated rings. The van der Waals surface area contributed by atoms with Gasteiger partial charge in [-0.15, -0.1) is 0 Å². The summed E-state index contributed by atoms with van der Waals surface area (Å²) in [5.74, 6) is 0.0772. The Balaban J connectivity index is 2.06. The fourth-order valence-corrected chi connectivity index (χ4v) is 2.14. The number of benzene rings is 2. The van der Waals surface area contributed by atoms with Crippen molar-refractivity contribution in [3.63, 3.8) is 0 Å². The predicted molar refractivity (Wildman–Crippen MR) is 76.8 cm³/mol. The Hall–Kier alpha value is -2.19. The number of nitriles is 1. The predicted octanol–water partition coefficient (Wildman–Crippen LogP) is 4.85. The Bertz CT molecular complexity index is 707. The van der Waals surface area contributed by atoms with E-state index in [0.29, 0.717) is 11.4 Å². The van der Waals surface area contributed by atoms with Gasteiger partial charge in [0, 0.05) is 11.4 Å². The van der Waals surface area contributed by atoms with E-state index in [1.54, 1.807) is 18.2 Å². The molecule has 0 aliphatic heterocycles. The second kappa shape index (κ2) is 6.71. The van der Waals surface area contributed by atoms with Gasteiger partial charge in [-0.2, -0.15) is 18.4 Å². The van der Waals surface area contributed by atoms with Crippen LogP contribution in [-0.2, 0) is 12.6 Å². The Kier molecular flexibility index (Phi) is 4.94. The summed E-state index contributed by atoms with van der Waals surface area (Å²) in [6.45, 7) is 0.212. The third-order valence-electron chi connectivity index (χ3n) is 2.97. The summed E-state index contributed by atoms with van der Waals surface area (Å²) in [6.07, 6.45) is -4.07. The highest BCUT2D eigenvalue weighted by Gasteiger charge is 2.34. The maximum Gasteiger partial charge on any atom is 0.417 e. The van der Waals surface area contributed by atoms with Crippen LogP contribution in [0.5, 0.6) is 5.75 Å². The molecule has 0 aliphatic rings. The van der Waals surface area contributed by atoms with Crippen molar-refractivity contribution in [1.29, 1.82) is 5.26 Å². The van der Waals surface area contributed by atoms with Gasteiger partial charge in [0.2, 0.25) is 0 Å². The summed E-state index contributed by atoms with van der Waals surface area (Å²) in [5, 5.41) is 9.31. The second-order valence-corrected chi connectivity index (χ2v) is 4.98. The smallest absolute Gasteiger partial charge is 0.417 e. The summed E-state index contributed by atoms with van der Waals surface area (Å²) >= 11 is 5.85. The van der Waals surface area contributed by atoms with E-state index in [2.05, 4.69) is 0 Å². The van der Waals surface area contributed by atoms with Crippen molar-refractivity contribution in [2.45, 2.75) is 12.6 Å². The van der Waals surface area contributed by atoms with Gasteiger partial charge in [0.1, 0.15) is 5.75 Å². The number of ether oxygens (including phenoxy) is 1. The Labute approximate surface area is 130 Å². The minimum atomic E-state index is -4.59. The molecule has 0 aromatic heterocycles. The first kappa shape index (κ1) is 16.2. The highest BCUT2D eigenvalue weighted by Crippen LogP contribution is 2.34. The topological polar surface area (TPSA) is 33.0 Å². The van der Waals surface area contributed by atoms with Crippen LogP contribution in [0.2, 0.25) is 5.02 Å². The molecule has 22 heavy (non-hydrogen) atoms. The SMILES string of the molecule is N#Cc1ccc(OCCc2cccc(Cl)c2)cc1C(F)(F)F. The van der Waals surface area contributed by atoms with Crippen LogP contribution in [0, 0.1) is 11.3 Å². The van der Waals surface area contributed by atoms with E-state index >= 15 is 0 Å². The summed E-state index contributed by atoms with van der Waals surface area (Å²) in [7, 11) is 0. The van der Waals surface area contributed by atoms with Crippen LogP contribution >= 0.6 is 11.6 Å². The van der Waals surface area contributed by atoms with Crippen molar-refractivity contribution in [2.24, 2.45) is 0 Å². The van der Waals surface area contributed by atoms with Gasteiger partial charge in [-0.25, -0.2) is 0 Å². The molecule has 2 aromatic rings. The van der Waals surface area contributed by atoms with Crippen LogP contribution in [0.25, 0.3) is 0 Å². The zero-order chi connectivity index (χ0) is 16.2.